The maximum absolute atomic E-state index is 13.8. The first-order valence-corrected chi connectivity index (χ1v) is 15.5. The Morgan fingerprint density at radius 3 is 2.00 bits per heavy atom. The Balaban J connectivity index is 0.00000107. The van der Waals surface area contributed by atoms with Gasteiger partial charge in [-0.2, -0.15) is 0 Å². The Kier molecular flexibility index (Phi) is 10.2. The van der Waals surface area contributed by atoms with Crippen LogP contribution < -0.4 is 4.74 Å². The van der Waals surface area contributed by atoms with Gasteiger partial charge in [-0.3, -0.25) is 0 Å². The van der Waals surface area contributed by atoms with Gasteiger partial charge in [-0.1, -0.05) is 19.3 Å². The third-order valence-corrected chi connectivity index (χ3v) is 4.94. The van der Waals surface area contributed by atoms with E-state index in [4.69, 9.17) is 21.8 Å². The summed E-state index contributed by atoms with van der Waals surface area (Å²) in [5.41, 5.74) is -0.653. The molecule has 0 spiro atoms. The van der Waals surface area contributed by atoms with Gasteiger partial charge < -0.3 is 9.84 Å². The van der Waals surface area contributed by atoms with Gasteiger partial charge in [-0.05, 0) is 30.9 Å². The quantitative estimate of drug-likeness (QED) is 0.185. The molecule has 3 nitrogen and oxygen atoms in total. The molecule has 168 valence electrons. The molecule has 11 heteroatoms. The fourth-order valence-corrected chi connectivity index (χ4v) is 3.43. The number of methoxy groups -OCH3 is 1. The van der Waals surface area contributed by atoms with E-state index in [1.807, 2.05) is 0 Å². The van der Waals surface area contributed by atoms with Crippen molar-refractivity contribution in [1.82, 2.24) is 0 Å². The number of phenolic OH excluding ortho intramolecular Hbond substituents is 1. The summed E-state index contributed by atoms with van der Waals surface area (Å²) < 4.78 is 72.6. The van der Waals surface area contributed by atoms with Crippen LogP contribution in [0.4, 0.5) is 27.6 Å². The van der Waals surface area contributed by atoms with Crippen LogP contribution in [-0.2, 0) is 20.8 Å². The van der Waals surface area contributed by atoms with Crippen molar-refractivity contribution in [2.75, 3.05) is 7.11 Å². The van der Waals surface area contributed by atoms with Crippen LogP contribution in [0, 0.1) is 29.1 Å². The number of rotatable bonds is 4. The Hall–Kier alpha value is -1.18. The average Bonchev–Trinajstić information content (AvgIpc) is 2.78. The molecule has 1 aliphatic carbocycles. The molecule has 0 saturated heterocycles. The molecular formula is C20H18Cl2F5NO2Zr. The third kappa shape index (κ3) is 6.20. The summed E-state index contributed by atoms with van der Waals surface area (Å²) >= 11 is -0.826. The molecule has 3 rings (SSSR count). The fraction of sp³-hybridized carbons (Fsp3) is 0.350. The minimum atomic E-state index is -2.25. The molecule has 0 aliphatic heterocycles. The van der Waals surface area contributed by atoms with E-state index in [1.54, 1.807) is 6.07 Å². The molecule has 2 aromatic carbocycles. The fourth-order valence-electron chi connectivity index (χ4n) is 3.43. The van der Waals surface area contributed by atoms with E-state index in [9.17, 15) is 27.1 Å². The van der Waals surface area contributed by atoms with Gasteiger partial charge in [-0.25, -0.2) is 26.9 Å². The zero-order valence-corrected chi connectivity index (χ0v) is 20.3. The van der Waals surface area contributed by atoms with Crippen LogP contribution in [0.1, 0.15) is 49.1 Å². The van der Waals surface area contributed by atoms with Gasteiger partial charge in [0.1, 0.15) is 17.2 Å². The van der Waals surface area contributed by atoms with Crippen LogP contribution in [0.15, 0.2) is 17.1 Å². The Morgan fingerprint density at radius 2 is 1.48 bits per heavy atom. The molecule has 0 bridgehead atoms. The number of phenols is 1. The van der Waals surface area contributed by atoms with Crippen molar-refractivity contribution in [3.8, 4) is 11.5 Å². The molecule has 31 heavy (non-hydrogen) atoms. The van der Waals surface area contributed by atoms with Crippen LogP contribution in [0.5, 0.6) is 11.5 Å². The molecular weight excluding hydrogens is 543 g/mol. The first-order chi connectivity index (χ1) is 14.8. The van der Waals surface area contributed by atoms with Gasteiger partial charge in [0.15, 0.2) is 23.3 Å². The van der Waals surface area contributed by atoms with Crippen LogP contribution in [0.3, 0.4) is 0 Å². The minimum absolute atomic E-state index is 0.0591. The van der Waals surface area contributed by atoms with E-state index in [-0.39, 0.29) is 17.2 Å². The molecule has 0 aromatic heterocycles. The first-order valence-electron chi connectivity index (χ1n) is 9.19. The number of nitrogens with zero attached hydrogens (tertiary/aromatic N) is 1. The second kappa shape index (κ2) is 12.2. The molecule has 1 aliphatic rings. The number of benzene rings is 2. The van der Waals surface area contributed by atoms with E-state index in [2.05, 4.69) is 4.99 Å². The number of ether oxygens (including phenoxy) is 1. The summed E-state index contributed by atoms with van der Waals surface area (Å²) in [5.74, 6) is -10.2. The molecule has 0 radical (unpaired) electrons. The van der Waals surface area contributed by atoms with Crippen molar-refractivity contribution in [3.05, 3.63) is 52.3 Å². The second-order valence-electron chi connectivity index (χ2n) is 6.74. The van der Waals surface area contributed by atoms with Crippen molar-refractivity contribution < 1.29 is 52.6 Å². The van der Waals surface area contributed by atoms with Gasteiger partial charge in [-0.15, -0.1) is 0 Å². The standard InChI is InChI=1S/C20H18F5NO2.2ClH.Zr/c1-28-12-7-11(20(27)13(8-12)10-5-3-2-4-6-10)9-26-19-17(24)15(22)14(21)16(23)18(19)25;;;/h7-10,27H,2-6H2,1H3;2*1H;/q;;;+2/p-2. The van der Waals surface area contributed by atoms with E-state index in [0.29, 0.717) is 11.3 Å². The topological polar surface area (TPSA) is 41.8 Å². The number of hydrogen-bond donors (Lipinski definition) is 1. The molecule has 1 fully saturated rings. The van der Waals surface area contributed by atoms with E-state index < -0.39 is 55.6 Å². The Morgan fingerprint density at radius 1 is 0.968 bits per heavy atom. The SMILES string of the molecule is COc1cc(C=Nc2c(F)c(F)c(F)c(F)c2F)c(O)c(C2CCCCC2)c1.[Cl][Zr][Cl]. The zero-order chi connectivity index (χ0) is 23.1. The van der Waals surface area contributed by atoms with Crippen molar-refractivity contribution in [3.63, 3.8) is 0 Å². The van der Waals surface area contributed by atoms with Crippen molar-refractivity contribution in [2.24, 2.45) is 4.99 Å². The summed E-state index contributed by atoms with van der Waals surface area (Å²) in [7, 11) is 11.3. The van der Waals surface area contributed by atoms with Crippen LogP contribution >= 0.6 is 17.0 Å². The van der Waals surface area contributed by atoms with Crippen molar-refractivity contribution >= 4 is 28.9 Å². The second-order valence-corrected chi connectivity index (χ2v) is 10.5. The van der Waals surface area contributed by atoms with Crippen molar-refractivity contribution in [1.29, 1.82) is 0 Å². The summed E-state index contributed by atoms with van der Waals surface area (Å²) in [6.07, 6.45) is 5.73. The summed E-state index contributed by atoms with van der Waals surface area (Å²) in [4.78, 5) is 3.42. The molecule has 1 N–H and O–H groups in total. The summed E-state index contributed by atoms with van der Waals surface area (Å²) in [6, 6.07) is 3.05. The number of hydrogen-bond acceptors (Lipinski definition) is 3. The third-order valence-electron chi connectivity index (χ3n) is 4.94. The zero-order valence-electron chi connectivity index (χ0n) is 16.3. The molecule has 0 unspecified atom stereocenters. The van der Waals surface area contributed by atoms with Crippen LogP contribution in [-0.4, -0.2) is 18.4 Å². The molecule has 0 amide bonds. The number of aromatic hydroxyl groups is 1. The van der Waals surface area contributed by atoms with E-state index >= 15 is 0 Å². The normalized spacial score (nSPS) is 14.3. The van der Waals surface area contributed by atoms with Crippen LogP contribution in [0.2, 0.25) is 0 Å². The maximum atomic E-state index is 13.8. The van der Waals surface area contributed by atoms with Crippen LogP contribution in [0.25, 0.3) is 0 Å². The van der Waals surface area contributed by atoms with Gasteiger partial charge in [0.05, 0.1) is 7.11 Å². The summed E-state index contributed by atoms with van der Waals surface area (Å²) in [6.45, 7) is 0. The Bertz CT molecular complexity index is 927. The molecule has 1 saturated carbocycles. The Labute approximate surface area is 194 Å². The predicted molar refractivity (Wildman–Crippen MR) is 106 cm³/mol. The first kappa shape index (κ1) is 26.1. The van der Waals surface area contributed by atoms with Crippen molar-refractivity contribution in [2.45, 2.75) is 38.0 Å². The molecule has 2 aromatic rings. The van der Waals surface area contributed by atoms with Gasteiger partial charge in [0.25, 0.3) is 0 Å². The van der Waals surface area contributed by atoms with Gasteiger partial charge >= 0.3 is 37.9 Å². The number of halogens is 7. The molecule has 0 heterocycles. The summed E-state index contributed by atoms with van der Waals surface area (Å²) in [5, 5.41) is 10.6. The molecule has 0 atom stereocenters. The van der Waals surface area contributed by atoms with Gasteiger partial charge in [0, 0.05) is 17.3 Å². The van der Waals surface area contributed by atoms with E-state index in [1.165, 1.54) is 13.2 Å². The monoisotopic (exact) mass is 559 g/mol. The van der Waals surface area contributed by atoms with Gasteiger partial charge in [0.2, 0.25) is 5.82 Å². The predicted octanol–water partition coefficient (Wildman–Crippen LogP) is 7.27. The average molecular weight is 561 g/mol. The van der Waals surface area contributed by atoms with E-state index in [0.717, 1.165) is 38.3 Å². The number of aliphatic imine (C=N–C) groups is 1.